The van der Waals surface area contributed by atoms with Crippen LogP contribution in [0, 0.1) is 5.82 Å². The van der Waals surface area contributed by atoms with Crippen LogP contribution in [0.5, 0.6) is 6.01 Å². The lowest BCUT2D eigenvalue weighted by molar-refractivity contribution is 0.278. The van der Waals surface area contributed by atoms with Crippen LogP contribution in [0.4, 0.5) is 10.2 Å². The maximum absolute atomic E-state index is 16.3. The summed E-state index contributed by atoms with van der Waals surface area (Å²) in [5.74, 6) is 0.255. The first-order valence-corrected chi connectivity index (χ1v) is 14.7. The van der Waals surface area contributed by atoms with Crippen LogP contribution >= 0.6 is 11.6 Å². The number of rotatable bonds is 11. The van der Waals surface area contributed by atoms with Crippen molar-refractivity contribution in [1.82, 2.24) is 20.2 Å². The van der Waals surface area contributed by atoms with Gasteiger partial charge in [-0.25, -0.2) is 4.39 Å². The number of anilines is 1. The Labute approximate surface area is 241 Å². The van der Waals surface area contributed by atoms with Gasteiger partial charge in [-0.1, -0.05) is 60.2 Å². The molecule has 5 rings (SSSR count). The summed E-state index contributed by atoms with van der Waals surface area (Å²) in [6.45, 7) is 5.04. The van der Waals surface area contributed by atoms with Crippen LogP contribution in [0.15, 0.2) is 48.6 Å². The van der Waals surface area contributed by atoms with Gasteiger partial charge in [0.25, 0.3) is 0 Å². The number of piperazine rings is 1. The smallest absolute Gasteiger partial charge is 0.319 e. The number of ether oxygens (including phenoxy) is 1. The third kappa shape index (κ3) is 6.82. The molecule has 0 spiro atoms. The number of hydrogen-bond donors (Lipinski definition) is 1. The standard InChI is InChI=1S/C32H39ClFN5O/c1-22(11-10-14-23-12-6-4-7-13-23)28-27(33)19-26-30(29(28)34)36-32(40-18-9-5-8-17-38(2)3)37-31(26)39-20-24-15-16-25(21-39)35-24/h4,6-7,10-14,19,24-25,35H,5,8-9,15-18,20-21H2,1-3H3/b14-10-,22-11+. The fraction of sp³-hybridized carbons (Fsp3) is 0.438. The fourth-order valence-corrected chi connectivity index (χ4v) is 5.96. The van der Waals surface area contributed by atoms with E-state index in [1.54, 1.807) is 0 Å². The number of nitrogens with zero attached hydrogens (tertiary/aromatic N) is 4. The molecule has 8 heteroatoms. The Morgan fingerprint density at radius 2 is 1.88 bits per heavy atom. The summed E-state index contributed by atoms with van der Waals surface area (Å²) in [7, 11) is 4.16. The summed E-state index contributed by atoms with van der Waals surface area (Å²) in [5.41, 5.74) is 2.40. The Morgan fingerprint density at radius 1 is 1.12 bits per heavy atom. The summed E-state index contributed by atoms with van der Waals surface area (Å²) in [6, 6.07) is 12.9. The monoisotopic (exact) mass is 563 g/mol. The Balaban J connectivity index is 1.46. The molecule has 1 N–H and O–H groups in total. The maximum Gasteiger partial charge on any atom is 0.319 e. The molecule has 1 aromatic heterocycles. The maximum atomic E-state index is 16.3. The van der Waals surface area contributed by atoms with Gasteiger partial charge in [0.2, 0.25) is 0 Å². The first-order chi connectivity index (χ1) is 19.4. The Hall–Kier alpha value is -3.00. The zero-order valence-electron chi connectivity index (χ0n) is 23.7. The molecule has 2 unspecified atom stereocenters. The van der Waals surface area contributed by atoms with Gasteiger partial charge < -0.3 is 19.9 Å². The molecular formula is C32H39ClFN5O. The number of hydrogen-bond acceptors (Lipinski definition) is 6. The molecular weight excluding hydrogens is 525 g/mol. The Kier molecular flexibility index (Phi) is 9.35. The normalized spacial score (nSPS) is 19.4. The van der Waals surface area contributed by atoms with Crippen molar-refractivity contribution in [2.45, 2.75) is 51.1 Å². The van der Waals surface area contributed by atoms with Crippen molar-refractivity contribution in [2.24, 2.45) is 0 Å². The van der Waals surface area contributed by atoms with Crippen LogP contribution in [-0.2, 0) is 0 Å². The molecule has 2 fully saturated rings. The lowest BCUT2D eigenvalue weighted by Gasteiger charge is -2.34. The molecule has 40 heavy (non-hydrogen) atoms. The van der Waals surface area contributed by atoms with E-state index in [9.17, 15) is 0 Å². The second-order valence-electron chi connectivity index (χ2n) is 11.1. The van der Waals surface area contributed by atoms with Gasteiger partial charge in [-0.15, -0.1) is 0 Å². The number of halogens is 2. The fourth-order valence-electron chi connectivity index (χ4n) is 5.62. The molecule has 0 saturated carbocycles. The number of aromatic nitrogens is 2. The minimum atomic E-state index is -0.443. The number of unbranched alkanes of at least 4 members (excludes halogenated alkanes) is 2. The molecule has 0 amide bonds. The third-order valence-electron chi connectivity index (χ3n) is 7.67. The summed E-state index contributed by atoms with van der Waals surface area (Å²) in [4.78, 5) is 13.8. The van der Waals surface area contributed by atoms with Crippen molar-refractivity contribution in [1.29, 1.82) is 0 Å². The van der Waals surface area contributed by atoms with Crippen molar-refractivity contribution >= 4 is 40.0 Å². The van der Waals surface area contributed by atoms with Crippen LogP contribution < -0.4 is 15.0 Å². The molecule has 3 aromatic rings. The third-order valence-corrected chi connectivity index (χ3v) is 7.97. The minimum Gasteiger partial charge on any atom is -0.463 e. The second kappa shape index (κ2) is 13.1. The Morgan fingerprint density at radius 3 is 2.60 bits per heavy atom. The van der Waals surface area contributed by atoms with E-state index in [2.05, 4.69) is 34.2 Å². The topological polar surface area (TPSA) is 53.5 Å². The van der Waals surface area contributed by atoms with Crippen LogP contribution in [0.3, 0.4) is 0 Å². The highest BCUT2D eigenvalue weighted by Crippen LogP contribution is 2.38. The van der Waals surface area contributed by atoms with Gasteiger partial charge in [0.1, 0.15) is 11.3 Å². The predicted octanol–water partition coefficient (Wildman–Crippen LogP) is 6.59. The largest absolute Gasteiger partial charge is 0.463 e. The van der Waals surface area contributed by atoms with Gasteiger partial charge in [-0.05, 0) is 76.9 Å². The van der Waals surface area contributed by atoms with E-state index in [1.165, 1.54) is 0 Å². The summed E-state index contributed by atoms with van der Waals surface area (Å²) >= 11 is 6.75. The number of allylic oxidation sites excluding steroid dienone is 3. The molecule has 2 atom stereocenters. The number of nitrogens with one attached hydrogen (secondary N) is 1. The average Bonchev–Trinajstić information content (AvgIpc) is 3.28. The van der Waals surface area contributed by atoms with E-state index in [1.807, 2.05) is 61.5 Å². The van der Waals surface area contributed by atoms with Crippen LogP contribution in [0.2, 0.25) is 5.02 Å². The van der Waals surface area contributed by atoms with E-state index < -0.39 is 5.82 Å². The van der Waals surface area contributed by atoms with Gasteiger partial charge in [0.05, 0.1) is 11.6 Å². The van der Waals surface area contributed by atoms with Crippen LogP contribution in [-0.4, -0.2) is 67.3 Å². The molecule has 212 valence electrons. The zero-order chi connectivity index (χ0) is 28.1. The molecule has 0 aliphatic carbocycles. The molecule has 6 nitrogen and oxygen atoms in total. The van der Waals surface area contributed by atoms with E-state index in [0.29, 0.717) is 40.5 Å². The van der Waals surface area contributed by atoms with E-state index in [-0.39, 0.29) is 11.5 Å². The summed E-state index contributed by atoms with van der Waals surface area (Å²) < 4.78 is 22.3. The summed E-state index contributed by atoms with van der Waals surface area (Å²) in [5, 5.41) is 4.63. The SMILES string of the molecule is C/C(=C\C=C/c1ccccc1)c1c(Cl)cc2c(N3CC4CCC(C3)N4)nc(OCCCCCN(C)C)nc2c1F. The van der Waals surface area contributed by atoms with Crippen molar-refractivity contribution in [3.63, 3.8) is 0 Å². The van der Waals surface area contributed by atoms with Gasteiger partial charge in [-0.3, -0.25) is 0 Å². The highest BCUT2D eigenvalue weighted by molar-refractivity contribution is 6.33. The predicted molar refractivity (Wildman–Crippen MR) is 164 cm³/mol. The van der Waals surface area contributed by atoms with Crippen molar-refractivity contribution in [3.8, 4) is 6.01 Å². The quantitative estimate of drug-likeness (QED) is 0.210. The van der Waals surface area contributed by atoms with E-state index in [4.69, 9.17) is 21.3 Å². The van der Waals surface area contributed by atoms with E-state index in [0.717, 1.165) is 62.9 Å². The number of fused-ring (bicyclic) bond motifs is 3. The molecule has 2 aromatic carbocycles. The van der Waals surface area contributed by atoms with Crippen LogP contribution in [0.25, 0.3) is 22.6 Å². The summed E-state index contributed by atoms with van der Waals surface area (Å²) in [6.07, 6.45) is 11.1. The van der Waals surface area contributed by atoms with Gasteiger partial charge >= 0.3 is 6.01 Å². The van der Waals surface area contributed by atoms with Crippen molar-refractivity contribution in [2.75, 3.05) is 45.2 Å². The second-order valence-corrected chi connectivity index (χ2v) is 11.6. The van der Waals surface area contributed by atoms with Gasteiger partial charge in [-0.2, -0.15) is 9.97 Å². The molecule has 3 heterocycles. The molecule has 2 bridgehead atoms. The Bertz CT molecular complexity index is 1360. The first-order valence-electron chi connectivity index (χ1n) is 14.3. The average molecular weight is 564 g/mol. The van der Waals surface area contributed by atoms with E-state index >= 15 is 4.39 Å². The minimum absolute atomic E-state index is 0.221. The lowest BCUT2D eigenvalue weighted by Crippen LogP contribution is -2.51. The van der Waals surface area contributed by atoms with Gasteiger partial charge in [0.15, 0.2) is 5.82 Å². The van der Waals surface area contributed by atoms with Crippen LogP contribution in [0.1, 0.15) is 50.2 Å². The van der Waals surface area contributed by atoms with Crippen molar-refractivity contribution < 1.29 is 9.13 Å². The van der Waals surface area contributed by atoms with Crippen molar-refractivity contribution in [3.05, 3.63) is 70.5 Å². The highest BCUT2D eigenvalue weighted by atomic mass is 35.5. The molecule has 2 saturated heterocycles. The molecule has 2 aliphatic rings. The number of benzene rings is 2. The lowest BCUT2D eigenvalue weighted by atomic mass is 10.0. The molecule has 2 aliphatic heterocycles. The zero-order valence-corrected chi connectivity index (χ0v) is 24.4. The highest BCUT2D eigenvalue weighted by Gasteiger charge is 2.34. The first kappa shape index (κ1) is 28.5. The van der Waals surface area contributed by atoms with Gasteiger partial charge in [0, 0.05) is 36.1 Å². The molecule has 0 radical (unpaired) electrons.